The number of nitrogens with zero attached hydrogens (tertiary/aromatic N) is 1. The van der Waals surface area contributed by atoms with Crippen molar-refractivity contribution in [3.8, 4) is 11.5 Å². The summed E-state index contributed by atoms with van der Waals surface area (Å²) in [5.41, 5.74) is 6.26. The van der Waals surface area contributed by atoms with Gasteiger partial charge in [-0.05, 0) is 61.4 Å². The molecule has 4 rings (SSSR count). The number of benzene rings is 3. The van der Waals surface area contributed by atoms with Gasteiger partial charge in [0.25, 0.3) is 0 Å². The minimum atomic E-state index is -0.0974. The van der Waals surface area contributed by atoms with Gasteiger partial charge in [0.2, 0.25) is 11.8 Å². The van der Waals surface area contributed by atoms with Crippen LogP contribution < -0.4 is 5.32 Å². The van der Waals surface area contributed by atoms with Gasteiger partial charge in [-0.25, -0.2) is 4.98 Å². The lowest BCUT2D eigenvalue weighted by Crippen LogP contribution is -2.14. The zero-order valence-electron chi connectivity index (χ0n) is 15.6. The summed E-state index contributed by atoms with van der Waals surface area (Å²) in [6, 6.07) is 18.9. The van der Waals surface area contributed by atoms with Gasteiger partial charge in [-0.2, -0.15) is 0 Å². The topological polar surface area (TPSA) is 55.1 Å². The molecule has 1 aromatic heterocycles. The molecule has 0 aliphatic rings. The quantitative estimate of drug-likeness (QED) is 0.468. The standard InChI is InChI=1S/C23H19ClN2O2/c1-14-3-9-19(15(2)11-14)23-26-20-13-18(8-10-21(20)28-23)25-22(27)12-16-4-6-17(24)7-5-16/h3-11,13H,12H2,1-2H3,(H,25,27). The summed E-state index contributed by atoms with van der Waals surface area (Å²) in [4.78, 5) is 16.9. The lowest BCUT2D eigenvalue weighted by Gasteiger charge is -2.05. The smallest absolute Gasteiger partial charge is 0.228 e. The summed E-state index contributed by atoms with van der Waals surface area (Å²) in [6.07, 6.45) is 0.280. The molecule has 0 saturated carbocycles. The summed E-state index contributed by atoms with van der Waals surface area (Å²) in [5, 5.41) is 3.56. The molecule has 0 bridgehead atoms. The number of halogens is 1. The normalized spacial score (nSPS) is 11.0. The van der Waals surface area contributed by atoms with Crippen LogP contribution in [-0.2, 0) is 11.2 Å². The van der Waals surface area contributed by atoms with Crippen LogP contribution in [0.25, 0.3) is 22.6 Å². The Morgan fingerprint density at radius 1 is 1.04 bits per heavy atom. The van der Waals surface area contributed by atoms with E-state index in [2.05, 4.69) is 23.3 Å². The zero-order valence-corrected chi connectivity index (χ0v) is 16.4. The summed E-state index contributed by atoms with van der Waals surface area (Å²) in [5.74, 6) is 0.483. The van der Waals surface area contributed by atoms with Crippen molar-refractivity contribution in [2.45, 2.75) is 20.3 Å². The van der Waals surface area contributed by atoms with E-state index in [1.807, 2.05) is 49.4 Å². The van der Waals surface area contributed by atoms with Crippen LogP contribution in [0.4, 0.5) is 5.69 Å². The lowest BCUT2D eigenvalue weighted by atomic mass is 10.1. The molecular weight excluding hydrogens is 372 g/mol. The van der Waals surface area contributed by atoms with Gasteiger partial charge in [-0.15, -0.1) is 0 Å². The number of amides is 1. The molecule has 0 atom stereocenters. The molecule has 3 aromatic carbocycles. The van der Waals surface area contributed by atoms with Gasteiger partial charge in [0, 0.05) is 16.3 Å². The first-order valence-corrected chi connectivity index (χ1v) is 9.38. The fraction of sp³-hybridized carbons (Fsp3) is 0.130. The predicted octanol–water partition coefficient (Wildman–Crippen LogP) is 5.95. The first-order chi connectivity index (χ1) is 13.5. The first kappa shape index (κ1) is 18.3. The van der Waals surface area contributed by atoms with Crippen molar-refractivity contribution in [1.29, 1.82) is 0 Å². The monoisotopic (exact) mass is 390 g/mol. The van der Waals surface area contributed by atoms with E-state index in [0.717, 1.165) is 16.7 Å². The number of aromatic nitrogens is 1. The largest absolute Gasteiger partial charge is 0.436 e. The van der Waals surface area contributed by atoms with E-state index in [1.165, 1.54) is 5.56 Å². The number of fused-ring (bicyclic) bond motifs is 1. The summed E-state index contributed by atoms with van der Waals surface area (Å²) < 4.78 is 5.91. The van der Waals surface area contributed by atoms with Gasteiger partial charge in [0.05, 0.1) is 6.42 Å². The van der Waals surface area contributed by atoms with Gasteiger partial charge in [-0.3, -0.25) is 4.79 Å². The Morgan fingerprint density at radius 3 is 2.57 bits per heavy atom. The molecule has 0 aliphatic heterocycles. The van der Waals surface area contributed by atoms with Gasteiger partial charge in [0.15, 0.2) is 5.58 Å². The van der Waals surface area contributed by atoms with Gasteiger partial charge in [-0.1, -0.05) is 41.4 Å². The van der Waals surface area contributed by atoms with E-state index < -0.39 is 0 Å². The van der Waals surface area contributed by atoms with Crippen LogP contribution in [0.3, 0.4) is 0 Å². The SMILES string of the molecule is Cc1ccc(-c2nc3cc(NC(=O)Cc4ccc(Cl)cc4)ccc3o2)c(C)c1. The average molecular weight is 391 g/mol. The lowest BCUT2D eigenvalue weighted by molar-refractivity contribution is -0.115. The van der Waals surface area contributed by atoms with Crippen LogP contribution in [0, 0.1) is 13.8 Å². The van der Waals surface area contributed by atoms with Crippen molar-refractivity contribution in [2.75, 3.05) is 5.32 Å². The number of anilines is 1. The highest BCUT2D eigenvalue weighted by Crippen LogP contribution is 2.28. The summed E-state index contributed by atoms with van der Waals surface area (Å²) in [6.45, 7) is 4.10. The van der Waals surface area contributed by atoms with Crippen LogP contribution >= 0.6 is 11.6 Å². The Labute approximate surface area is 168 Å². The maximum absolute atomic E-state index is 12.3. The minimum absolute atomic E-state index is 0.0974. The molecular formula is C23H19ClN2O2. The van der Waals surface area contributed by atoms with Crippen LogP contribution in [-0.4, -0.2) is 10.9 Å². The van der Waals surface area contributed by atoms with E-state index in [0.29, 0.717) is 27.7 Å². The third-order valence-corrected chi connectivity index (χ3v) is 4.81. The maximum atomic E-state index is 12.3. The van der Waals surface area contributed by atoms with Crippen molar-refractivity contribution in [1.82, 2.24) is 4.98 Å². The Morgan fingerprint density at radius 2 is 1.82 bits per heavy atom. The maximum Gasteiger partial charge on any atom is 0.228 e. The minimum Gasteiger partial charge on any atom is -0.436 e. The molecule has 1 N–H and O–H groups in total. The number of hydrogen-bond acceptors (Lipinski definition) is 3. The number of carbonyl (C=O) groups is 1. The number of carbonyl (C=O) groups excluding carboxylic acids is 1. The van der Waals surface area contributed by atoms with E-state index in [1.54, 1.807) is 12.1 Å². The van der Waals surface area contributed by atoms with E-state index >= 15 is 0 Å². The first-order valence-electron chi connectivity index (χ1n) is 9.00. The molecule has 0 unspecified atom stereocenters. The third-order valence-electron chi connectivity index (χ3n) is 4.56. The Hall–Kier alpha value is -3.11. The molecule has 28 heavy (non-hydrogen) atoms. The fourth-order valence-electron chi connectivity index (χ4n) is 3.17. The molecule has 5 heteroatoms. The zero-order chi connectivity index (χ0) is 19.7. The highest BCUT2D eigenvalue weighted by atomic mass is 35.5. The second kappa shape index (κ2) is 7.49. The molecule has 4 aromatic rings. The molecule has 0 saturated heterocycles. The molecule has 0 radical (unpaired) electrons. The number of hydrogen-bond donors (Lipinski definition) is 1. The highest BCUT2D eigenvalue weighted by molar-refractivity contribution is 6.30. The van der Waals surface area contributed by atoms with E-state index in [9.17, 15) is 4.79 Å². The molecule has 1 amide bonds. The van der Waals surface area contributed by atoms with Gasteiger partial charge in [0.1, 0.15) is 5.52 Å². The molecule has 140 valence electrons. The third kappa shape index (κ3) is 3.92. The van der Waals surface area contributed by atoms with Crippen molar-refractivity contribution < 1.29 is 9.21 Å². The Kier molecular flexibility index (Phi) is 4.88. The molecule has 1 heterocycles. The van der Waals surface area contributed by atoms with Crippen molar-refractivity contribution in [2.24, 2.45) is 0 Å². The predicted molar refractivity (Wildman–Crippen MR) is 113 cm³/mol. The van der Waals surface area contributed by atoms with Crippen LogP contribution in [0.2, 0.25) is 5.02 Å². The van der Waals surface area contributed by atoms with E-state index in [-0.39, 0.29) is 12.3 Å². The number of aryl methyl sites for hydroxylation is 2. The highest BCUT2D eigenvalue weighted by Gasteiger charge is 2.12. The Balaban J connectivity index is 1.54. The molecule has 0 spiro atoms. The summed E-state index contributed by atoms with van der Waals surface area (Å²) >= 11 is 5.88. The number of oxazole rings is 1. The second-order valence-corrected chi connectivity index (χ2v) is 7.31. The fourth-order valence-corrected chi connectivity index (χ4v) is 3.29. The average Bonchev–Trinajstić information content (AvgIpc) is 3.06. The summed E-state index contributed by atoms with van der Waals surface area (Å²) in [7, 11) is 0. The van der Waals surface area contributed by atoms with Crippen molar-refractivity contribution in [3.05, 3.63) is 82.4 Å². The molecule has 0 aliphatic carbocycles. The molecule has 4 nitrogen and oxygen atoms in total. The van der Waals surface area contributed by atoms with Crippen molar-refractivity contribution >= 4 is 34.3 Å². The number of nitrogens with one attached hydrogen (secondary N) is 1. The van der Waals surface area contributed by atoms with E-state index in [4.69, 9.17) is 16.0 Å². The number of rotatable bonds is 4. The van der Waals surface area contributed by atoms with Crippen LogP contribution in [0.1, 0.15) is 16.7 Å². The molecule has 0 fully saturated rings. The van der Waals surface area contributed by atoms with Crippen LogP contribution in [0.15, 0.2) is 65.1 Å². The Bertz CT molecular complexity index is 1160. The van der Waals surface area contributed by atoms with Crippen LogP contribution in [0.5, 0.6) is 0 Å². The van der Waals surface area contributed by atoms with Crippen molar-refractivity contribution in [3.63, 3.8) is 0 Å². The van der Waals surface area contributed by atoms with Gasteiger partial charge < -0.3 is 9.73 Å². The second-order valence-electron chi connectivity index (χ2n) is 6.87. The van der Waals surface area contributed by atoms with Gasteiger partial charge >= 0.3 is 0 Å².